The molecule has 4 rings (SSSR count). The van der Waals surface area contributed by atoms with Gasteiger partial charge in [0.2, 0.25) is 0 Å². The molecule has 1 aliphatic heterocycles. The molecule has 3 aromatic rings. The summed E-state index contributed by atoms with van der Waals surface area (Å²) in [6, 6.07) is 6.95. The lowest BCUT2D eigenvalue weighted by molar-refractivity contribution is 0.0652. The highest BCUT2D eigenvalue weighted by molar-refractivity contribution is 7.99. The number of hydrogen-bond donors (Lipinski definition) is 0. The zero-order valence-corrected chi connectivity index (χ0v) is 18.9. The van der Waals surface area contributed by atoms with Crippen molar-refractivity contribution in [2.45, 2.75) is 45.3 Å². The number of imide groups is 1. The van der Waals surface area contributed by atoms with Crippen LogP contribution in [0.1, 0.15) is 50.9 Å². The maximum Gasteiger partial charge on any atom is 0.263 e. The van der Waals surface area contributed by atoms with Crippen molar-refractivity contribution in [3.63, 3.8) is 0 Å². The second kappa shape index (κ2) is 8.35. The van der Waals surface area contributed by atoms with Crippen LogP contribution < -0.4 is 5.56 Å². The van der Waals surface area contributed by atoms with Crippen LogP contribution in [0.4, 0.5) is 0 Å². The molecule has 0 saturated carbocycles. The lowest BCUT2D eigenvalue weighted by atomic mass is 10.1. The smallest absolute Gasteiger partial charge is 0.263 e. The predicted octanol–water partition coefficient (Wildman–Crippen LogP) is 4.26. The van der Waals surface area contributed by atoms with E-state index in [2.05, 4.69) is 0 Å². The van der Waals surface area contributed by atoms with Crippen molar-refractivity contribution in [2.75, 3.05) is 12.3 Å². The molecule has 3 heterocycles. The van der Waals surface area contributed by atoms with Crippen molar-refractivity contribution < 1.29 is 9.59 Å². The average molecular weight is 442 g/mol. The monoisotopic (exact) mass is 441 g/mol. The van der Waals surface area contributed by atoms with Crippen LogP contribution in [0.25, 0.3) is 10.2 Å². The van der Waals surface area contributed by atoms with Crippen molar-refractivity contribution in [1.82, 2.24) is 14.5 Å². The molecule has 0 spiro atoms. The minimum absolute atomic E-state index is 0.0258. The third kappa shape index (κ3) is 3.48. The fraction of sp³-hybridized carbons (Fsp3) is 0.364. The summed E-state index contributed by atoms with van der Waals surface area (Å²) in [6.45, 7) is 6.93. The second-order valence-electron chi connectivity index (χ2n) is 7.27. The molecular formula is C22H23N3O3S2. The Morgan fingerprint density at radius 2 is 1.70 bits per heavy atom. The van der Waals surface area contributed by atoms with Gasteiger partial charge in [0, 0.05) is 23.7 Å². The van der Waals surface area contributed by atoms with Crippen molar-refractivity contribution in [2.24, 2.45) is 0 Å². The third-order valence-corrected chi connectivity index (χ3v) is 7.62. The summed E-state index contributed by atoms with van der Waals surface area (Å²) in [6.07, 6.45) is 1.53. The number of thioether (sulfide) groups is 1. The Balaban J connectivity index is 1.39. The van der Waals surface area contributed by atoms with E-state index in [9.17, 15) is 14.4 Å². The third-order valence-electron chi connectivity index (χ3n) is 5.46. The number of amides is 2. The van der Waals surface area contributed by atoms with Gasteiger partial charge in [-0.15, -0.1) is 11.3 Å². The second-order valence-corrected chi connectivity index (χ2v) is 9.54. The van der Waals surface area contributed by atoms with Gasteiger partial charge in [0.15, 0.2) is 5.16 Å². The van der Waals surface area contributed by atoms with Crippen molar-refractivity contribution in [3.05, 3.63) is 56.2 Å². The molecule has 1 aliphatic rings. The van der Waals surface area contributed by atoms with Crippen molar-refractivity contribution in [3.8, 4) is 0 Å². The van der Waals surface area contributed by atoms with E-state index >= 15 is 0 Å². The lowest BCUT2D eigenvalue weighted by Gasteiger charge is -2.14. The first-order valence-electron chi connectivity index (χ1n) is 10.0. The molecule has 2 amide bonds. The Morgan fingerprint density at radius 1 is 1.03 bits per heavy atom. The average Bonchev–Trinajstić information content (AvgIpc) is 3.16. The normalized spacial score (nSPS) is 13.5. The molecule has 30 heavy (non-hydrogen) atoms. The van der Waals surface area contributed by atoms with E-state index in [1.165, 1.54) is 4.90 Å². The summed E-state index contributed by atoms with van der Waals surface area (Å²) in [5.41, 5.74) is 2.02. The Bertz CT molecular complexity index is 1180. The molecule has 0 aliphatic carbocycles. The number of aryl methyl sites for hydroxylation is 2. The van der Waals surface area contributed by atoms with Gasteiger partial charge in [-0.2, -0.15) is 0 Å². The molecule has 8 heteroatoms. The van der Waals surface area contributed by atoms with Gasteiger partial charge in [0.1, 0.15) is 4.83 Å². The van der Waals surface area contributed by atoms with E-state index in [4.69, 9.17) is 4.98 Å². The van der Waals surface area contributed by atoms with Gasteiger partial charge in [0.05, 0.1) is 16.5 Å². The fourth-order valence-corrected chi connectivity index (χ4v) is 5.81. The van der Waals surface area contributed by atoms with Crippen molar-refractivity contribution >= 4 is 45.1 Å². The van der Waals surface area contributed by atoms with E-state index in [1.54, 1.807) is 51.9 Å². The Hall–Kier alpha value is -2.45. The van der Waals surface area contributed by atoms with Gasteiger partial charge in [-0.1, -0.05) is 23.9 Å². The predicted molar refractivity (Wildman–Crippen MR) is 121 cm³/mol. The molecule has 156 valence electrons. The number of thiophene rings is 1. The minimum atomic E-state index is -0.210. The van der Waals surface area contributed by atoms with Gasteiger partial charge in [-0.3, -0.25) is 23.9 Å². The van der Waals surface area contributed by atoms with E-state index in [1.807, 2.05) is 20.8 Å². The van der Waals surface area contributed by atoms with Crippen LogP contribution >= 0.6 is 23.1 Å². The number of benzene rings is 1. The molecule has 0 saturated heterocycles. The summed E-state index contributed by atoms with van der Waals surface area (Å²) in [7, 11) is 0. The highest BCUT2D eigenvalue weighted by Gasteiger charge is 2.34. The molecule has 1 aromatic carbocycles. The van der Waals surface area contributed by atoms with Crippen LogP contribution in [-0.4, -0.2) is 38.6 Å². The lowest BCUT2D eigenvalue weighted by Crippen LogP contribution is -2.30. The van der Waals surface area contributed by atoms with Gasteiger partial charge in [0.25, 0.3) is 17.4 Å². The molecule has 6 nitrogen and oxygen atoms in total. The zero-order chi connectivity index (χ0) is 21.4. The van der Waals surface area contributed by atoms with Crippen molar-refractivity contribution in [1.29, 1.82) is 0 Å². The first-order valence-corrected chi connectivity index (χ1v) is 11.8. The number of unbranched alkanes of at least 4 members (excludes halogenated alkanes) is 1. The SMILES string of the molecule is CCn1c(SCCCCN2C(=O)c3ccccc3C2=O)nc2sc(C)c(C)c2c1=O. The quantitative estimate of drug-likeness (QED) is 0.237. The Morgan fingerprint density at radius 3 is 2.33 bits per heavy atom. The van der Waals surface area contributed by atoms with Gasteiger partial charge >= 0.3 is 0 Å². The number of hydrogen-bond acceptors (Lipinski definition) is 6. The van der Waals surface area contributed by atoms with Crippen LogP contribution in [0.15, 0.2) is 34.2 Å². The van der Waals surface area contributed by atoms with E-state index in [-0.39, 0.29) is 17.4 Å². The summed E-state index contributed by atoms with van der Waals surface area (Å²) in [4.78, 5) is 45.7. The molecular weight excluding hydrogens is 418 g/mol. The standard InChI is InChI=1S/C22H23N3O3S2/c1-4-24-21(28)17-13(2)14(3)30-18(17)23-22(24)29-12-8-7-11-25-19(26)15-9-5-6-10-16(15)20(25)27/h5-6,9-10H,4,7-8,11-12H2,1-3H3. The summed E-state index contributed by atoms with van der Waals surface area (Å²) < 4.78 is 1.73. The summed E-state index contributed by atoms with van der Waals surface area (Å²) >= 11 is 3.12. The van der Waals surface area contributed by atoms with E-state index in [0.717, 1.165) is 38.0 Å². The molecule has 0 unspecified atom stereocenters. The first kappa shape index (κ1) is 20.8. The number of carbonyl (C=O) groups excluding carboxylic acids is 2. The number of fused-ring (bicyclic) bond motifs is 2. The molecule has 0 radical (unpaired) electrons. The Labute approximate surface area is 182 Å². The van der Waals surface area contributed by atoms with Crippen LogP contribution in [0, 0.1) is 13.8 Å². The molecule has 0 fully saturated rings. The fourth-order valence-electron chi connectivity index (χ4n) is 3.68. The van der Waals surface area contributed by atoms with Crippen LogP contribution in [0.3, 0.4) is 0 Å². The maximum absolute atomic E-state index is 12.9. The van der Waals surface area contributed by atoms with Gasteiger partial charge < -0.3 is 0 Å². The molecule has 0 atom stereocenters. The van der Waals surface area contributed by atoms with Crippen LogP contribution in [0.2, 0.25) is 0 Å². The van der Waals surface area contributed by atoms with E-state index in [0.29, 0.717) is 30.6 Å². The number of nitrogens with zero attached hydrogens (tertiary/aromatic N) is 3. The van der Waals surface area contributed by atoms with E-state index < -0.39 is 0 Å². The van der Waals surface area contributed by atoms with Gasteiger partial charge in [-0.05, 0) is 51.3 Å². The first-order chi connectivity index (χ1) is 14.4. The topological polar surface area (TPSA) is 72.3 Å². The summed E-state index contributed by atoms with van der Waals surface area (Å²) in [5, 5.41) is 1.46. The van der Waals surface area contributed by atoms with Crippen LogP contribution in [-0.2, 0) is 6.54 Å². The number of aromatic nitrogens is 2. The minimum Gasteiger partial charge on any atom is -0.287 e. The highest BCUT2D eigenvalue weighted by Crippen LogP contribution is 2.29. The maximum atomic E-state index is 12.9. The number of rotatable bonds is 7. The summed E-state index contributed by atoms with van der Waals surface area (Å²) in [5.74, 6) is 0.349. The largest absolute Gasteiger partial charge is 0.287 e. The molecule has 0 bridgehead atoms. The zero-order valence-electron chi connectivity index (χ0n) is 17.2. The number of carbonyl (C=O) groups is 2. The Kier molecular flexibility index (Phi) is 5.79. The molecule has 0 N–H and O–H groups in total. The van der Waals surface area contributed by atoms with Gasteiger partial charge in [-0.25, -0.2) is 4.98 Å². The van der Waals surface area contributed by atoms with Crippen LogP contribution in [0.5, 0.6) is 0 Å². The highest BCUT2D eigenvalue weighted by atomic mass is 32.2. The molecule has 2 aromatic heterocycles.